The van der Waals surface area contributed by atoms with Crippen molar-refractivity contribution in [3.05, 3.63) is 75.7 Å². The van der Waals surface area contributed by atoms with Crippen LogP contribution in [0.3, 0.4) is 0 Å². The van der Waals surface area contributed by atoms with Crippen LogP contribution in [-0.2, 0) is 0 Å². The Labute approximate surface area is 214 Å². The van der Waals surface area contributed by atoms with Crippen molar-refractivity contribution in [1.29, 1.82) is 5.26 Å². The molecule has 0 saturated heterocycles. The van der Waals surface area contributed by atoms with Gasteiger partial charge in [0.1, 0.15) is 11.8 Å². The Bertz CT molecular complexity index is 1540. The first-order valence-electron chi connectivity index (χ1n) is 12.1. The Morgan fingerprint density at radius 2 is 2.03 bits per heavy atom. The van der Waals surface area contributed by atoms with E-state index < -0.39 is 6.02 Å². The van der Waals surface area contributed by atoms with Gasteiger partial charge in [0.05, 0.1) is 41.4 Å². The van der Waals surface area contributed by atoms with Crippen LogP contribution < -0.4 is 10.6 Å². The minimum absolute atomic E-state index is 0.0617. The number of aromatic nitrogens is 4. The van der Waals surface area contributed by atoms with Crippen molar-refractivity contribution in [1.82, 2.24) is 20.0 Å². The number of anilines is 2. The molecular weight excluding hydrogens is 481 g/mol. The average molecular weight is 505 g/mol. The van der Waals surface area contributed by atoms with Crippen molar-refractivity contribution in [2.24, 2.45) is 0 Å². The highest BCUT2D eigenvalue weighted by atomic mass is 35.5. The van der Waals surface area contributed by atoms with Gasteiger partial charge < -0.3 is 10.6 Å². The number of hydrogen-bond donors (Lipinski definition) is 2. The number of halogens is 2. The van der Waals surface area contributed by atoms with Gasteiger partial charge in [0, 0.05) is 27.8 Å². The van der Waals surface area contributed by atoms with Crippen LogP contribution in [0.15, 0.2) is 48.8 Å². The summed E-state index contributed by atoms with van der Waals surface area (Å²) in [7, 11) is 0. The molecule has 2 heterocycles. The third kappa shape index (κ3) is 4.29. The maximum atomic E-state index is 9.76. The van der Waals surface area contributed by atoms with Crippen LogP contribution >= 0.6 is 23.2 Å². The first kappa shape index (κ1) is 21.0. The lowest BCUT2D eigenvalue weighted by molar-refractivity contribution is 0.610. The minimum Gasteiger partial charge on any atom is -0.378 e. The zero-order valence-electron chi connectivity index (χ0n) is 20.0. The molecule has 0 radical (unpaired) electrons. The highest BCUT2D eigenvalue weighted by Crippen LogP contribution is 2.43. The Morgan fingerprint density at radius 3 is 2.74 bits per heavy atom. The third-order valence-corrected chi connectivity index (χ3v) is 7.19. The summed E-state index contributed by atoms with van der Waals surface area (Å²) in [4.78, 5) is 4.44. The van der Waals surface area contributed by atoms with Crippen LogP contribution in [0.5, 0.6) is 0 Å². The summed E-state index contributed by atoms with van der Waals surface area (Å²) in [6.07, 6.45) is 7.50. The molecule has 2 saturated carbocycles. The SMILES string of the molecule is [2H][C@](Nc1cc(Cl)c2ncc(C#N)c(NC3(C)CC3)c2c1)(c1cn(C2CC2)nn1)c1ccccc1Cl. The van der Waals surface area contributed by atoms with Crippen LogP contribution in [0.1, 0.15) is 62.9 Å². The molecule has 2 fully saturated rings. The lowest BCUT2D eigenvalue weighted by Crippen LogP contribution is -2.17. The summed E-state index contributed by atoms with van der Waals surface area (Å²) >= 11 is 13.3. The molecule has 0 unspecified atom stereocenters. The number of nitriles is 1. The van der Waals surface area contributed by atoms with Crippen LogP contribution in [-0.4, -0.2) is 25.5 Å². The van der Waals surface area contributed by atoms with E-state index in [0.29, 0.717) is 55.2 Å². The van der Waals surface area contributed by atoms with Gasteiger partial charge in [-0.2, -0.15) is 5.26 Å². The Kier molecular flexibility index (Phi) is 5.04. The van der Waals surface area contributed by atoms with Gasteiger partial charge in [0.25, 0.3) is 0 Å². The largest absolute Gasteiger partial charge is 0.378 e. The molecule has 4 aromatic rings. The molecule has 2 aliphatic rings. The molecule has 0 amide bonds. The lowest BCUT2D eigenvalue weighted by Gasteiger charge is -2.21. The van der Waals surface area contributed by atoms with Crippen LogP contribution in [0.4, 0.5) is 11.4 Å². The van der Waals surface area contributed by atoms with Crippen LogP contribution in [0, 0.1) is 11.3 Å². The van der Waals surface area contributed by atoms with E-state index in [-0.39, 0.29) is 5.54 Å². The van der Waals surface area contributed by atoms with E-state index in [4.69, 9.17) is 23.2 Å². The second-order valence-electron chi connectivity index (χ2n) is 9.49. The number of rotatable bonds is 7. The minimum atomic E-state index is -1.54. The highest BCUT2D eigenvalue weighted by Gasteiger charge is 2.38. The number of pyridine rings is 1. The molecule has 6 rings (SSSR count). The summed E-state index contributed by atoms with van der Waals surface area (Å²) in [5, 5.41) is 26.8. The van der Waals surface area contributed by atoms with Crippen LogP contribution in [0.25, 0.3) is 10.9 Å². The van der Waals surface area contributed by atoms with Gasteiger partial charge >= 0.3 is 0 Å². The summed E-state index contributed by atoms with van der Waals surface area (Å²) in [6.45, 7) is 2.12. The molecule has 0 spiro atoms. The third-order valence-electron chi connectivity index (χ3n) is 6.57. The van der Waals surface area contributed by atoms with Gasteiger partial charge in [-0.05, 0) is 56.4 Å². The number of fused-ring (bicyclic) bond motifs is 1. The fourth-order valence-electron chi connectivity index (χ4n) is 4.15. The highest BCUT2D eigenvalue weighted by molar-refractivity contribution is 6.36. The average Bonchev–Trinajstić information content (AvgIpc) is 3.78. The zero-order chi connectivity index (χ0) is 25.1. The molecule has 9 heteroatoms. The quantitative estimate of drug-likeness (QED) is 0.298. The number of hydrogen-bond acceptors (Lipinski definition) is 6. The molecule has 2 aliphatic carbocycles. The lowest BCUT2D eigenvalue weighted by atomic mass is 10.0. The van der Waals surface area contributed by atoms with E-state index in [1.807, 2.05) is 22.9 Å². The molecule has 2 aromatic heterocycles. The van der Waals surface area contributed by atoms with Gasteiger partial charge in [0.15, 0.2) is 0 Å². The Balaban J connectivity index is 1.49. The van der Waals surface area contributed by atoms with Crippen molar-refractivity contribution in [2.75, 3.05) is 10.6 Å². The fraction of sp³-hybridized carbons (Fsp3) is 0.308. The van der Waals surface area contributed by atoms with Gasteiger partial charge in [-0.15, -0.1) is 5.10 Å². The standard InChI is InChI=1S/C26H23Cl2N7/c1-26(8-9-26)32-23-15(12-29)13-30-24-19(23)10-16(11-21(24)28)31-25(18-4-2-3-5-20(18)27)22-14-35(34-33-22)17-6-7-17/h2-5,10-11,13-14,17,25,31H,6-9H2,1H3,(H,30,32)/t25-/m1/s1/i25D. The van der Waals surface area contributed by atoms with Crippen molar-refractivity contribution >= 4 is 45.5 Å². The van der Waals surface area contributed by atoms with Gasteiger partial charge in [0.2, 0.25) is 0 Å². The molecular formula is C26H23Cl2N7. The van der Waals surface area contributed by atoms with Crippen molar-refractivity contribution in [3.8, 4) is 6.07 Å². The Morgan fingerprint density at radius 1 is 1.23 bits per heavy atom. The van der Waals surface area contributed by atoms with Crippen molar-refractivity contribution in [3.63, 3.8) is 0 Å². The summed E-state index contributed by atoms with van der Waals surface area (Å²) in [6, 6.07) is 11.8. The summed E-state index contributed by atoms with van der Waals surface area (Å²) in [5.74, 6) is 0. The van der Waals surface area contributed by atoms with E-state index in [1.165, 1.54) is 0 Å². The molecule has 35 heavy (non-hydrogen) atoms. The van der Waals surface area contributed by atoms with Crippen molar-refractivity contribution < 1.29 is 1.37 Å². The number of nitrogens with zero attached hydrogens (tertiary/aromatic N) is 5. The number of nitrogens with one attached hydrogen (secondary N) is 2. The van der Waals surface area contributed by atoms with Gasteiger partial charge in [-0.1, -0.05) is 46.6 Å². The zero-order valence-corrected chi connectivity index (χ0v) is 20.5. The van der Waals surface area contributed by atoms with Crippen LogP contribution in [0.2, 0.25) is 10.0 Å². The predicted molar refractivity (Wildman–Crippen MR) is 138 cm³/mol. The maximum Gasteiger partial charge on any atom is 0.110 e. The van der Waals surface area contributed by atoms with Crippen molar-refractivity contribution in [2.45, 2.75) is 50.2 Å². The van der Waals surface area contributed by atoms with Gasteiger partial charge in [-0.25, -0.2) is 4.68 Å². The van der Waals surface area contributed by atoms with E-state index in [0.717, 1.165) is 25.7 Å². The molecule has 0 aliphatic heterocycles. The predicted octanol–water partition coefficient (Wildman–Crippen LogP) is 6.51. The molecule has 2 N–H and O–H groups in total. The van der Waals surface area contributed by atoms with E-state index >= 15 is 0 Å². The normalized spacial score (nSPS) is 18.4. The molecule has 0 bridgehead atoms. The smallest absolute Gasteiger partial charge is 0.110 e. The molecule has 2 aromatic carbocycles. The second-order valence-corrected chi connectivity index (χ2v) is 10.3. The molecule has 176 valence electrons. The summed E-state index contributed by atoms with van der Waals surface area (Å²) < 4.78 is 11.4. The maximum absolute atomic E-state index is 9.76. The topological polar surface area (TPSA) is 91.5 Å². The van der Waals surface area contributed by atoms with E-state index in [2.05, 4.69) is 38.9 Å². The first-order chi connectivity index (χ1) is 17.3. The van der Waals surface area contributed by atoms with E-state index in [9.17, 15) is 6.63 Å². The van der Waals surface area contributed by atoms with Gasteiger partial charge in [-0.3, -0.25) is 4.98 Å². The monoisotopic (exact) mass is 504 g/mol. The first-order valence-corrected chi connectivity index (χ1v) is 12.3. The summed E-state index contributed by atoms with van der Waals surface area (Å²) in [5.41, 5.74) is 3.20. The molecule has 1 atom stereocenters. The van der Waals surface area contributed by atoms with E-state index in [1.54, 1.807) is 30.6 Å². The Hall–Kier alpha value is -3.34. The fourth-order valence-corrected chi connectivity index (χ4v) is 4.65. The number of benzene rings is 2. The molecule has 7 nitrogen and oxygen atoms in total. The second kappa shape index (κ2) is 8.40.